The Hall–Kier alpha value is -5.26. The molecule has 0 atom stereocenters. The summed E-state index contributed by atoms with van der Waals surface area (Å²) in [5.41, 5.74) is 4.83. The summed E-state index contributed by atoms with van der Waals surface area (Å²) in [5.74, 6) is -1.44. The summed E-state index contributed by atoms with van der Waals surface area (Å²) in [6.45, 7) is 0. The third-order valence-electron chi connectivity index (χ3n) is 4.39. The Morgan fingerprint density at radius 2 is 1.00 bits per heavy atom. The lowest BCUT2D eigenvalue weighted by Crippen LogP contribution is -2.19. The molecule has 12 nitrogen and oxygen atoms in total. The lowest BCUT2D eigenvalue weighted by atomic mass is 10.1. The van der Waals surface area contributed by atoms with Crippen molar-refractivity contribution in [2.24, 2.45) is 10.2 Å². The fraction of sp³-hybridized carbons (Fsp3) is 0. The van der Waals surface area contributed by atoms with E-state index in [9.17, 15) is 29.8 Å². The third kappa shape index (κ3) is 5.91. The summed E-state index contributed by atoms with van der Waals surface area (Å²) in [6.07, 6.45) is 2.70. The topological polar surface area (TPSA) is 169 Å². The highest BCUT2D eigenvalue weighted by atomic mass is 16.6. The van der Waals surface area contributed by atoms with Crippen molar-refractivity contribution in [2.45, 2.75) is 0 Å². The van der Waals surface area contributed by atoms with Crippen molar-refractivity contribution in [3.63, 3.8) is 0 Å². The maximum Gasteiger partial charge on any atom is 0.282 e. The molecular weight excluding hydrogens is 444 g/mol. The number of nitro groups is 2. The van der Waals surface area contributed by atoms with Gasteiger partial charge in [0, 0.05) is 12.1 Å². The summed E-state index contributed by atoms with van der Waals surface area (Å²) in [5, 5.41) is 29.6. The zero-order valence-corrected chi connectivity index (χ0v) is 17.3. The second-order valence-corrected chi connectivity index (χ2v) is 6.61. The first-order valence-electron chi connectivity index (χ1n) is 9.60. The number of hydrogen-bond donors (Lipinski definition) is 2. The minimum Gasteiger partial charge on any atom is -0.267 e. The minimum absolute atomic E-state index is 0.112. The van der Waals surface area contributed by atoms with Gasteiger partial charge in [0.2, 0.25) is 0 Å². The molecular formula is C22H16N6O6. The van der Waals surface area contributed by atoms with Crippen molar-refractivity contribution in [1.82, 2.24) is 10.9 Å². The lowest BCUT2D eigenvalue weighted by molar-refractivity contribution is -0.385. The first-order valence-corrected chi connectivity index (χ1v) is 9.60. The molecule has 3 rings (SSSR count). The molecule has 0 aliphatic carbocycles. The van der Waals surface area contributed by atoms with Gasteiger partial charge in [-0.3, -0.25) is 29.8 Å². The molecule has 0 spiro atoms. The van der Waals surface area contributed by atoms with Gasteiger partial charge in [0.15, 0.2) is 0 Å². The quantitative estimate of drug-likeness (QED) is 0.297. The summed E-state index contributed by atoms with van der Waals surface area (Å²) < 4.78 is 0. The summed E-state index contributed by atoms with van der Waals surface area (Å²) >= 11 is 0. The molecule has 0 heterocycles. The largest absolute Gasteiger partial charge is 0.282 e. The highest BCUT2D eigenvalue weighted by Gasteiger charge is 2.19. The number of nitrogens with one attached hydrogen (secondary N) is 2. The van der Waals surface area contributed by atoms with Crippen LogP contribution in [0.4, 0.5) is 11.4 Å². The predicted molar refractivity (Wildman–Crippen MR) is 123 cm³/mol. The van der Waals surface area contributed by atoms with Gasteiger partial charge in [0.1, 0.15) is 11.1 Å². The normalized spacial score (nSPS) is 10.8. The van der Waals surface area contributed by atoms with Gasteiger partial charge >= 0.3 is 0 Å². The number of hydrazone groups is 2. The Bertz CT molecular complexity index is 1200. The van der Waals surface area contributed by atoms with E-state index in [2.05, 4.69) is 21.1 Å². The number of rotatable bonds is 8. The van der Waals surface area contributed by atoms with E-state index in [0.29, 0.717) is 11.1 Å². The van der Waals surface area contributed by atoms with Crippen LogP contribution in [-0.2, 0) is 0 Å². The molecule has 3 aromatic carbocycles. The SMILES string of the molecule is O=C(N/N=C/c1ccc(/C=N/NC(=O)c2ccccc2[N+](=O)[O-])cc1)c1ccccc1[N+](=O)[O-]. The standard InChI is InChI=1S/C22H16N6O6/c29-21(17-5-1-3-7-19(17)27(31)32)25-23-13-15-9-11-16(12-10-15)14-24-26-22(30)18-6-2-4-8-20(18)28(33)34/h1-14H,(H,25,29)(H,26,30)/b23-13+,24-14+. The number of nitrogens with zero attached hydrogens (tertiary/aromatic N) is 4. The van der Waals surface area contributed by atoms with Gasteiger partial charge in [-0.15, -0.1) is 0 Å². The van der Waals surface area contributed by atoms with Crippen LogP contribution in [0.3, 0.4) is 0 Å². The molecule has 0 unspecified atom stereocenters. The molecule has 2 N–H and O–H groups in total. The number of para-hydroxylation sites is 2. The Morgan fingerprint density at radius 3 is 1.35 bits per heavy atom. The van der Waals surface area contributed by atoms with Crippen LogP contribution in [0, 0.1) is 20.2 Å². The van der Waals surface area contributed by atoms with E-state index < -0.39 is 21.7 Å². The van der Waals surface area contributed by atoms with E-state index in [0.717, 1.165) is 0 Å². The van der Waals surface area contributed by atoms with Crippen LogP contribution in [0.1, 0.15) is 31.8 Å². The molecule has 0 radical (unpaired) electrons. The Morgan fingerprint density at radius 1 is 0.647 bits per heavy atom. The predicted octanol–water partition coefficient (Wildman–Crippen LogP) is 3.03. The first kappa shape index (κ1) is 23.4. The molecule has 0 aliphatic heterocycles. The van der Waals surface area contributed by atoms with Crippen LogP contribution in [0.5, 0.6) is 0 Å². The minimum atomic E-state index is -0.721. The van der Waals surface area contributed by atoms with Crippen molar-refractivity contribution in [3.05, 3.63) is 115 Å². The van der Waals surface area contributed by atoms with Crippen molar-refractivity contribution in [3.8, 4) is 0 Å². The van der Waals surface area contributed by atoms with Gasteiger partial charge in [-0.2, -0.15) is 10.2 Å². The summed E-state index contributed by atoms with van der Waals surface area (Å²) in [7, 11) is 0. The Labute approximate surface area is 191 Å². The summed E-state index contributed by atoms with van der Waals surface area (Å²) in [4.78, 5) is 45.0. The van der Waals surface area contributed by atoms with E-state index >= 15 is 0 Å². The van der Waals surface area contributed by atoms with Crippen LogP contribution in [0.2, 0.25) is 0 Å². The van der Waals surface area contributed by atoms with E-state index in [1.165, 1.54) is 61.0 Å². The van der Waals surface area contributed by atoms with Crippen molar-refractivity contribution < 1.29 is 19.4 Å². The lowest BCUT2D eigenvalue weighted by Gasteiger charge is -2.01. The molecule has 0 aliphatic rings. The number of hydrogen-bond acceptors (Lipinski definition) is 8. The molecule has 0 bridgehead atoms. The van der Waals surface area contributed by atoms with Crippen LogP contribution in [-0.4, -0.2) is 34.1 Å². The molecule has 34 heavy (non-hydrogen) atoms. The van der Waals surface area contributed by atoms with Crippen LogP contribution in [0.15, 0.2) is 83.0 Å². The fourth-order valence-electron chi connectivity index (χ4n) is 2.77. The van der Waals surface area contributed by atoms with Gasteiger partial charge in [-0.25, -0.2) is 10.9 Å². The Kier molecular flexibility index (Phi) is 7.47. The number of carbonyl (C=O) groups excluding carboxylic acids is 2. The zero-order valence-electron chi connectivity index (χ0n) is 17.3. The molecule has 0 saturated heterocycles. The van der Waals surface area contributed by atoms with Crippen LogP contribution >= 0.6 is 0 Å². The monoisotopic (exact) mass is 460 g/mol. The Balaban J connectivity index is 1.57. The van der Waals surface area contributed by atoms with Gasteiger partial charge in [0.05, 0.1) is 22.3 Å². The second-order valence-electron chi connectivity index (χ2n) is 6.61. The van der Waals surface area contributed by atoms with E-state index in [1.54, 1.807) is 24.3 Å². The number of carbonyl (C=O) groups is 2. The molecule has 170 valence electrons. The van der Waals surface area contributed by atoms with Gasteiger partial charge in [-0.1, -0.05) is 48.5 Å². The first-order chi connectivity index (χ1) is 16.4. The number of amides is 2. The molecule has 0 saturated carbocycles. The molecule has 3 aromatic rings. The van der Waals surface area contributed by atoms with E-state index in [-0.39, 0.29) is 22.5 Å². The van der Waals surface area contributed by atoms with Gasteiger partial charge < -0.3 is 0 Å². The van der Waals surface area contributed by atoms with Crippen molar-refractivity contribution in [2.75, 3.05) is 0 Å². The molecule has 0 fully saturated rings. The fourth-order valence-corrected chi connectivity index (χ4v) is 2.77. The van der Waals surface area contributed by atoms with Gasteiger partial charge in [0.25, 0.3) is 23.2 Å². The van der Waals surface area contributed by atoms with Crippen LogP contribution in [0.25, 0.3) is 0 Å². The second kappa shape index (κ2) is 10.9. The number of benzene rings is 3. The summed E-state index contributed by atoms with van der Waals surface area (Å²) in [6, 6.07) is 17.7. The average Bonchev–Trinajstić information content (AvgIpc) is 2.84. The van der Waals surface area contributed by atoms with Gasteiger partial charge in [-0.05, 0) is 23.3 Å². The molecule has 0 aromatic heterocycles. The van der Waals surface area contributed by atoms with Crippen molar-refractivity contribution in [1.29, 1.82) is 0 Å². The molecule has 2 amide bonds. The molecule has 12 heteroatoms. The average molecular weight is 460 g/mol. The van der Waals surface area contributed by atoms with E-state index in [4.69, 9.17) is 0 Å². The van der Waals surface area contributed by atoms with E-state index in [1.807, 2.05) is 0 Å². The maximum atomic E-state index is 12.1. The maximum absolute atomic E-state index is 12.1. The van der Waals surface area contributed by atoms with Crippen LogP contribution < -0.4 is 10.9 Å². The number of nitro benzene ring substituents is 2. The highest BCUT2D eigenvalue weighted by Crippen LogP contribution is 2.18. The third-order valence-corrected chi connectivity index (χ3v) is 4.39. The highest BCUT2D eigenvalue weighted by molar-refractivity contribution is 5.99. The van der Waals surface area contributed by atoms with Crippen molar-refractivity contribution >= 4 is 35.6 Å². The smallest absolute Gasteiger partial charge is 0.267 e. The zero-order chi connectivity index (χ0) is 24.5.